The fraction of sp³-hybridized carbons (Fsp3) is 0.167. The second-order valence-corrected chi connectivity index (χ2v) is 6.73. The highest BCUT2D eigenvalue weighted by Gasteiger charge is 2.19. The smallest absolute Gasteiger partial charge is 0.265 e. The van der Waals surface area contributed by atoms with E-state index in [1.807, 2.05) is 0 Å². The molecule has 0 bridgehead atoms. The summed E-state index contributed by atoms with van der Waals surface area (Å²) in [6.45, 7) is 0.229. The zero-order valence-electron chi connectivity index (χ0n) is 14.6. The number of methoxy groups -OCH3 is 2. The SMILES string of the molecule is COc1cccc(OC)c1C(=O)Nc1nnc(COc2ccc(Cl)cc2)s1. The molecule has 1 amide bonds. The Labute approximate surface area is 164 Å². The predicted octanol–water partition coefficient (Wildman–Crippen LogP) is 4.04. The molecule has 2 aromatic carbocycles. The third-order valence-corrected chi connectivity index (χ3v) is 4.58. The number of rotatable bonds is 7. The molecule has 1 aromatic heterocycles. The van der Waals surface area contributed by atoms with Gasteiger partial charge in [-0.05, 0) is 36.4 Å². The number of halogens is 1. The Kier molecular flexibility index (Phi) is 6.10. The van der Waals surface area contributed by atoms with E-state index in [9.17, 15) is 4.79 Å². The van der Waals surface area contributed by atoms with Gasteiger partial charge in [0.15, 0.2) is 5.01 Å². The van der Waals surface area contributed by atoms with Crippen LogP contribution >= 0.6 is 22.9 Å². The van der Waals surface area contributed by atoms with Crippen molar-refractivity contribution in [1.82, 2.24) is 10.2 Å². The van der Waals surface area contributed by atoms with Crippen molar-refractivity contribution < 1.29 is 19.0 Å². The Hall–Kier alpha value is -2.84. The van der Waals surface area contributed by atoms with Crippen molar-refractivity contribution in [3.63, 3.8) is 0 Å². The third kappa shape index (κ3) is 4.66. The molecule has 3 aromatic rings. The lowest BCUT2D eigenvalue weighted by Gasteiger charge is -2.11. The molecule has 0 aliphatic rings. The molecule has 27 heavy (non-hydrogen) atoms. The lowest BCUT2D eigenvalue weighted by Crippen LogP contribution is -2.14. The van der Waals surface area contributed by atoms with Crippen LogP contribution in [0.4, 0.5) is 5.13 Å². The van der Waals surface area contributed by atoms with Crippen molar-refractivity contribution >= 4 is 34.0 Å². The van der Waals surface area contributed by atoms with Gasteiger partial charge in [-0.15, -0.1) is 10.2 Å². The van der Waals surface area contributed by atoms with Gasteiger partial charge in [-0.25, -0.2) is 0 Å². The highest BCUT2D eigenvalue weighted by atomic mass is 35.5. The van der Waals surface area contributed by atoms with E-state index in [-0.39, 0.29) is 12.2 Å². The van der Waals surface area contributed by atoms with Crippen LogP contribution in [0.5, 0.6) is 17.2 Å². The Bertz CT molecular complexity index is 908. The summed E-state index contributed by atoms with van der Waals surface area (Å²) in [7, 11) is 2.98. The van der Waals surface area contributed by atoms with Gasteiger partial charge < -0.3 is 14.2 Å². The molecule has 0 unspecified atom stereocenters. The van der Waals surface area contributed by atoms with Crippen LogP contribution in [-0.4, -0.2) is 30.3 Å². The quantitative estimate of drug-likeness (QED) is 0.638. The molecule has 9 heteroatoms. The van der Waals surface area contributed by atoms with E-state index in [1.54, 1.807) is 42.5 Å². The van der Waals surface area contributed by atoms with E-state index >= 15 is 0 Å². The van der Waals surface area contributed by atoms with Gasteiger partial charge in [-0.3, -0.25) is 10.1 Å². The number of nitrogens with zero attached hydrogens (tertiary/aromatic N) is 2. The van der Waals surface area contributed by atoms with Crippen LogP contribution < -0.4 is 19.5 Å². The molecule has 3 rings (SSSR count). The summed E-state index contributed by atoms with van der Waals surface area (Å²) in [4.78, 5) is 12.6. The van der Waals surface area contributed by atoms with Crippen LogP contribution in [-0.2, 0) is 6.61 Å². The lowest BCUT2D eigenvalue weighted by atomic mass is 10.1. The highest BCUT2D eigenvalue weighted by molar-refractivity contribution is 7.15. The van der Waals surface area contributed by atoms with E-state index in [4.69, 9.17) is 25.8 Å². The maximum atomic E-state index is 12.6. The molecule has 1 heterocycles. The van der Waals surface area contributed by atoms with Gasteiger partial charge in [-0.2, -0.15) is 0 Å². The number of hydrogen-bond donors (Lipinski definition) is 1. The van der Waals surface area contributed by atoms with Gasteiger partial charge in [0.25, 0.3) is 5.91 Å². The number of amides is 1. The number of benzene rings is 2. The summed E-state index contributed by atoms with van der Waals surface area (Å²) in [5, 5.41) is 12.3. The Morgan fingerprint density at radius 2 is 1.74 bits per heavy atom. The molecule has 0 spiro atoms. The Morgan fingerprint density at radius 1 is 1.07 bits per heavy atom. The topological polar surface area (TPSA) is 82.6 Å². The molecule has 0 fully saturated rings. The molecule has 0 aliphatic heterocycles. The van der Waals surface area contributed by atoms with E-state index in [1.165, 1.54) is 25.6 Å². The minimum atomic E-state index is -0.398. The van der Waals surface area contributed by atoms with Crippen LogP contribution in [0.1, 0.15) is 15.4 Å². The minimum Gasteiger partial charge on any atom is -0.496 e. The van der Waals surface area contributed by atoms with Gasteiger partial charge in [-0.1, -0.05) is 29.0 Å². The number of ether oxygens (including phenoxy) is 3. The first-order chi connectivity index (χ1) is 13.1. The number of anilines is 1. The van der Waals surface area contributed by atoms with Crippen LogP contribution in [0.2, 0.25) is 5.02 Å². The number of aromatic nitrogens is 2. The van der Waals surface area contributed by atoms with Crippen LogP contribution in [0.15, 0.2) is 42.5 Å². The lowest BCUT2D eigenvalue weighted by molar-refractivity contribution is 0.102. The summed E-state index contributed by atoms with van der Waals surface area (Å²) in [5.74, 6) is 1.08. The summed E-state index contributed by atoms with van der Waals surface area (Å²) < 4.78 is 16.1. The molecule has 7 nitrogen and oxygen atoms in total. The summed E-state index contributed by atoms with van der Waals surface area (Å²) in [5.41, 5.74) is 0.289. The summed E-state index contributed by atoms with van der Waals surface area (Å²) in [6.07, 6.45) is 0. The average Bonchev–Trinajstić information content (AvgIpc) is 3.14. The van der Waals surface area contributed by atoms with E-state index in [0.717, 1.165) is 0 Å². The first kappa shape index (κ1) is 18.9. The maximum absolute atomic E-state index is 12.6. The number of carbonyl (C=O) groups excluding carboxylic acids is 1. The van der Waals surface area contributed by atoms with Gasteiger partial charge in [0, 0.05) is 5.02 Å². The van der Waals surface area contributed by atoms with Crippen LogP contribution in [0.3, 0.4) is 0 Å². The third-order valence-electron chi connectivity index (χ3n) is 3.52. The summed E-state index contributed by atoms with van der Waals surface area (Å²) in [6, 6.07) is 12.1. The van der Waals surface area contributed by atoms with Crippen molar-refractivity contribution in [1.29, 1.82) is 0 Å². The molecule has 0 radical (unpaired) electrons. The Balaban J connectivity index is 1.67. The van der Waals surface area contributed by atoms with Crippen LogP contribution in [0.25, 0.3) is 0 Å². The van der Waals surface area contributed by atoms with Crippen molar-refractivity contribution in [3.8, 4) is 17.2 Å². The van der Waals surface area contributed by atoms with Crippen LogP contribution in [0, 0.1) is 0 Å². The maximum Gasteiger partial charge on any atom is 0.265 e. The van der Waals surface area contributed by atoms with Gasteiger partial charge in [0.1, 0.15) is 29.4 Å². The zero-order chi connectivity index (χ0) is 19.2. The summed E-state index contributed by atoms with van der Waals surface area (Å²) >= 11 is 7.06. The van der Waals surface area contributed by atoms with Crippen molar-refractivity contribution in [2.45, 2.75) is 6.61 Å². The first-order valence-electron chi connectivity index (χ1n) is 7.84. The number of nitrogens with one attached hydrogen (secondary N) is 1. The second-order valence-electron chi connectivity index (χ2n) is 5.24. The molecule has 0 saturated carbocycles. The standard InChI is InChI=1S/C18H16ClN3O4S/c1-24-13-4-3-5-14(25-2)16(13)17(23)20-18-22-21-15(27-18)10-26-12-8-6-11(19)7-9-12/h3-9H,10H2,1-2H3,(H,20,22,23). The second kappa shape index (κ2) is 8.70. The molecule has 1 N–H and O–H groups in total. The van der Waals surface area contributed by atoms with E-state index < -0.39 is 5.91 Å². The number of carbonyl (C=O) groups is 1. The van der Waals surface area contributed by atoms with Gasteiger partial charge in [0.2, 0.25) is 5.13 Å². The molecular formula is C18H16ClN3O4S. The Morgan fingerprint density at radius 3 is 2.37 bits per heavy atom. The normalized spacial score (nSPS) is 10.3. The first-order valence-corrected chi connectivity index (χ1v) is 9.03. The fourth-order valence-corrected chi connectivity index (χ4v) is 3.05. The monoisotopic (exact) mass is 405 g/mol. The van der Waals surface area contributed by atoms with Gasteiger partial charge in [0.05, 0.1) is 14.2 Å². The fourth-order valence-electron chi connectivity index (χ4n) is 2.27. The van der Waals surface area contributed by atoms with E-state index in [0.29, 0.717) is 32.4 Å². The highest BCUT2D eigenvalue weighted by Crippen LogP contribution is 2.29. The zero-order valence-corrected chi connectivity index (χ0v) is 16.1. The minimum absolute atomic E-state index is 0.229. The molecular weight excluding hydrogens is 390 g/mol. The predicted molar refractivity (Wildman–Crippen MR) is 103 cm³/mol. The average molecular weight is 406 g/mol. The molecule has 0 saturated heterocycles. The number of hydrogen-bond acceptors (Lipinski definition) is 7. The van der Waals surface area contributed by atoms with E-state index in [2.05, 4.69) is 15.5 Å². The van der Waals surface area contributed by atoms with Gasteiger partial charge >= 0.3 is 0 Å². The largest absolute Gasteiger partial charge is 0.496 e. The molecule has 0 aliphatic carbocycles. The molecule has 0 atom stereocenters. The molecule has 140 valence electrons. The van der Waals surface area contributed by atoms with Crippen molar-refractivity contribution in [2.75, 3.05) is 19.5 Å². The van der Waals surface area contributed by atoms with Crippen molar-refractivity contribution in [2.24, 2.45) is 0 Å². The van der Waals surface area contributed by atoms with Crippen molar-refractivity contribution in [3.05, 3.63) is 58.1 Å².